The average Bonchev–Trinajstić information content (AvgIpc) is 2.73. The normalized spacial score (nSPS) is 13.1. The number of ketones is 1. The van der Waals surface area contributed by atoms with Crippen molar-refractivity contribution in [2.24, 2.45) is 11.8 Å². The van der Waals surface area contributed by atoms with Gasteiger partial charge in [-0.15, -0.1) is 0 Å². The number of carbonyl (C=O) groups excluding carboxylic acids is 1. The summed E-state index contributed by atoms with van der Waals surface area (Å²) < 4.78 is 4.92. The molecule has 1 aromatic carbocycles. The number of aromatic nitrogens is 1. The Balaban J connectivity index is 2.36. The van der Waals surface area contributed by atoms with Crippen LogP contribution in [0.3, 0.4) is 0 Å². The lowest BCUT2D eigenvalue weighted by Crippen LogP contribution is -2.30. The quantitative estimate of drug-likeness (QED) is 0.806. The highest BCUT2D eigenvalue weighted by atomic mass is 16.4. The number of carbonyl (C=O) groups is 1. The van der Waals surface area contributed by atoms with Gasteiger partial charge in [0.05, 0.1) is 5.52 Å². The second-order valence-corrected chi connectivity index (χ2v) is 5.00. The Kier molecular flexibility index (Phi) is 3.85. The monoisotopic (exact) mass is 262 g/mol. The number of nitrogens with one attached hydrogen (secondary N) is 2. The van der Waals surface area contributed by atoms with E-state index in [0.717, 1.165) is 0 Å². The molecule has 2 aromatic rings. The van der Waals surface area contributed by atoms with E-state index in [1.165, 1.54) is 0 Å². The van der Waals surface area contributed by atoms with Gasteiger partial charge in [0.15, 0.2) is 11.4 Å². The number of rotatable bonds is 5. The molecule has 5 heteroatoms. The maximum Gasteiger partial charge on any atom is 0.417 e. The topological polar surface area (TPSA) is 75.1 Å². The van der Waals surface area contributed by atoms with Gasteiger partial charge < -0.3 is 9.73 Å². The number of aromatic amines is 1. The fourth-order valence-corrected chi connectivity index (χ4v) is 2.17. The zero-order valence-corrected chi connectivity index (χ0v) is 11.3. The molecule has 0 saturated heterocycles. The molecule has 102 valence electrons. The van der Waals surface area contributed by atoms with Crippen LogP contribution in [-0.2, 0) is 0 Å². The van der Waals surface area contributed by atoms with E-state index >= 15 is 0 Å². The standard InChI is InChI=1S/C14H18N2O3/c1-8(2)10(7-15-3)13(17)9-4-5-12-11(6-9)16-14(18)19-12/h4-6,8,10,15H,7H2,1-3H3,(H,16,18). The molecule has 0 radical (unpaired) electrons. The SMILES string of the molecule is CNCC(C(=O)c1ccc2oc(=O)[nH]c2c1)C(C)C. The van der Waals surface area contributed by atoms with Crippen LogP contribution in [0.1, 0.15) is 24.2 Å². The highest BCUT2D eigenvalue weighted by Crippen LogP contribution is 2.19. The molecular formula is C14H18N2O3. The first-order valence-corrected chi connectivity index (χ1v) is 6.34. The van der Waals surface area contributed by atoms with Gasteiger partial charge in [-0.25, -0.2) is 4.79 Å². The summed E-state index contributed by atoms with van der Waals surface area (Å²) in [5, 5.41) is 3.04. The van der Waals surface area contributed by atoms with Gasteiger partial charge in [0.1, 0.15) is 0 Å². The Morgan fingerprint density at radius 3 is 2.79 bits per heavy atom. The summed E-state index contributed by atoms with van der Waals surface area (Å²) in [5.74, 6) is -0.261. The average molecular weight is 262 g/mol. The molecule has 1 heterocycles. The van der Waals surface area contributed by atoms with Crippen LogP contribution in [0.2, 0.25) is 0 Å². The lowest BCUT2D eigenvalue weighted by atomic mass is 9.88. The van der Waals surface area contributed by atoms with Gasteiger partial charge in [-0.3, -0.25) is 9.78 Å². The molecule has 0 amide bonds. The van der Waals surface area contributed by atoms with Crippen molar-refractivity contribution < 1.29 is 9.21 Å². The molecule has 1 aromatic heterocycles. The van der Waals surface area contributed by atoms with Crippen LogP contribution >= 0.6 is 0 Å². The number of Topliss-reactive ketones (excluding diaryl/α,β-unsaturated/α-hetero) is 1. The van der Waals surface area contributed by atoms with E-state index in [1.54, 1.807) is 18.2 Å². The molecule has 0 aliphatic carbocycles. The minimum absolute atomic E-state index is 0.0771. The summed E-state index contributed by atoms with van der Waals surface area (Å²) in [6.07, 6.45) is 0. The van der Waals surface area contributed by atoms with Crippen molar-refractivity contribution in [3.05, 3.63) is 34.3 Å². The third-order valence-corrected chi connectivity index (χ3v) is 3.27. The van der Waals surface area contributed by atoms with E-state index in [1.807, 2.05) is 20.9 Å². The van der Waals surface area contributed by atoms with Crippen molar-refractivity contribution >= 4 is 16.9 Å². The lowest BCUT2D eigenvalue weighted by Gasteiger charge is -2.19. The van der Waals surface area contributed by atoms with Crippen LogP contribution in [0.25, 0.3) is 11.1 Å². The second-order valence-electron chi connectivity index (χ2n) is 5.00. The zero-order chi connectivity index (χ0) is 14.0. The maximum absolute atomic E-state index is 12.5. The van der Waals surface area contributed by atoms with Crippen molar-refractivity contribution in [2.75, 3.05) is 13.6 Å². The fourth-order valence-electron chi connectivity index (χ4n) is 2.17. The summed E-state index contributed by atoms with van der Waals surface area (Å²) in [6, 6.07) is 5.03. The minimum Gasteiger partial charge on any atom is -0.408 e. The lowest BCUT2D eigenvalue weighted by molar-refractivity contribution is 0.0886. The van der Waals surface area contributed by atoms with Gasteiger partial charge in [0.2, 0.25) is 0 Å². The summed E-state index contributed by atoms with van der Waals surface area (Å²) in [4.78, 5) is 26.1. The second kappa shape index (κ2) is 5.40. The van der Waals surface area contributed by atoms with Crippen molar-refractivity contribution in [3.8, 4) is 0 Å². The van der Waals surface area contributed by atoms with Gasteiger partial charge in [-0.2, -0.15) is 0 Å². The predicted octanol–water partition coefficient (Wildman–Crippen LogP) is 1.80. The smallest absolute Gasteiger partial charge is 0.408 e. The Labute approximate surface area is 111 Å². The van der Waals surface area contributed by atoms with Crippen LogP contribution in [-0.4, -0.2) is 24.4 Å². The first-order valence-electron chi connectivity index (χ1n) is 6.34. The summed E-state index contributed by atoms with van der Waals surface area (Å²) >= 11 is 0. The third kappa shape index (κ3) is 2.76. The van der Waals surface area contributed by atoms with Crippen LogP contribution in [0.15, 0.2) is 27.4 Å². The van der Waals surface area contributed by atoms with Crippen molar-refractivity contribution in [3.63, 3.8) is 0 Å². The van der Waals surface area contributed by atoms with E-state index in [-0.39, 0.29) is 17.6 Å². The van der Waals surface area contributed by atoms with E-state index in [2.05, 4.69) is 10.3 Å². The fraction of sp³-hybridized carbons (Fsp3) is 0.429. The van der Waals surface area contributed by atoms with E-state index in [0.29, 0.717) is 23.2 Å². The number of oxazole rings is 1. The number of fused-ring (bicyclic) bond motifs is 1. The number of hydrogen-bond donors (Lipinski definition) is 2. The summed E-state index contributed by atoms with van der Waals surface area (Å²) in [7, 11) is 1.83. The molecule has 19 heavy (non-hydrogen) atoms. The van der Waals surface area contributed by atoms with E-state index < -0.39 is 5.76 Å². The first-order chi connectivity index (χ1) is 9.02. The highest BCUT2D eigenvalue weighted by molar-refractivity contribution is 6.00. The van der Waals surface area contributed by atoms with Crippen LogP contribution in [0.5, 0.6) is 0 Å². The number of benzene rings is 1. The molecule has 5 nitrogen and oxygen atoms in total. The molecule has 0 spiro atoms. The molecular weight excluding hydrogens is 244 g/mol. The first kappa shape index (κ1) is 13.5. The van der Waals surface area contributed by atoms with E-state index in [9.17, 15) is 9.59 Å². The molecule has 0 fully saturated rings. The third-order valence-electron chi connectivity index (χ3n) is 3.27. The Hall–Kier alpha value is -1.88. The molecule has 0 bridgehead atoms. The van der Waals surface area contributed by atoms with E-state index in [4.69, 9.17) is 4.42 Å². The molecule has 2 rings (SSSR count). The predicted molar refractivity (Wildman–Crippen MR) is 73.4 cm³/mol. The Bertz CT molecular complexity index is 639. The van der Waals surface area contributed by atoms with Crippen molar-refractivity contribution in [2.45, 2.75) is 13.8 Å². The maximum atomic E-state index is 12.5. The molecule has 0 aliphatic heterocycles. The molecule has 1 atom stereocenters. The Morgan fingerprint density at radius 2 is 2.16 bits per heavy atom. The molecule has 0 saturated carbocycles. The summed E-state index contributed by atoms with van der Waals surface area (Å²) in [6.45, 7) is 4.69. The van der Waals surface area contributed by atoms with Crippen molar-refractivity contribution in [1.82, 2.24) is 10.3 Å². The highest BCUT2D eigenvalue weighted by Gasteiger charge is 2.23. The zero-order valence-electron chi connectivity index (χ0n) is 11.3. The number of hydrogen-bond acceptors (Lipinski definition) is 4. The molecule has 2 N–H and O–H groups in total. The number of H-pyrrole nitrogens is 1. The van der Waals surface area contributed by atoms with Gasteiger partial charge in [0, 0.05) is 18.0 Å². The summed E-state index contributed by atoms with van der Waals surface area (Å²) in [5.41, 5.74) is 1.62. The van der Waals surface area contributed by atoms with Gasteiger partial charge >= 0.3 is 5.76 Å². The molecule has 0 aliphatic rings. The minimum atomic E-state index is -0.504. The van der Waals surface area contributed by atoms with Crippen LogP contribution < -0.4 is 11.1 Å². The largest absolute Gasteiger partial charge is 0.417 e. The molecule has 1 unspecified atom stereocenters. The van der Waals surface area contributed by atoms with Gasteiger partial charge in [-0.05, 0) is 31.2 Å². The van der Waals surface area contributed by atoms with Crippen LogP contribution in [0, 0.1) is 11.8 Å². The van der Waals surface area contributed by atoms with Crippen LogP contribution in [0.4, 0.5) is 0 Å². The Morgan fingerprint density at radius 1 is 1.42 bits per heavy atom. The van der Waals surface area contributed by atoms with Gasteiger partial charge in [-0.1, -0.05) is 13.8 Å². The van der Waals surface area contributed by atoms with Gasteiger partial charge in [0.25, 0.3) is 0 Å². The van der Waals surface area contributed by atoms with Crippen molar-refractivity contribution in [1.29, 1.82) is 0 Å².